The summed E-state index contributed by atoms with van der Waals surface area (Å²) in [4.78, 5) is 0.399. The SMILES string of the molecule is CC(C)(C)c1ccc(S(=O)(=O)CCCCCOc2ccc(C3=C(c4ccccc4)CCCc4cc(O)ccc43)cc2)cc1. The summed E-state index contributed by atoms with van der Waals surface area (Å²) in [7, 11) is -3.29. The largest absolute Gasteiger partial charge is 0.508 e. The van der Waals surface area contributed by atoms with Gasteiger partial charge in [-0.05, 0) is 119 Å². The van der Waals surface area contributed by atoms with E-state index in [1.54, 1.807) is 18.2 Å². The molecule has 1 N–H and O–H groups in total. The first-order chi connectivity index (χ1) is 20.6. The van der Waals surface area contributed by atoms with Gasteiger partial charge in [0.25, 0.3) is 0 Å². The highest BCUT2D eigenvalue weighted by Gasteiger charge is 2.21. The van der Waals surface area contributed by atoms with Crippen molar-refractivity contribution in [2.75, 3.05) is 12.4 Å². The Kier molecular flexibility index (Phi) is 9.41. The maximum atomic E-state index is 12.8. The van der Waals surface area contributed by atoms with Gasteiger partial charge in [-0.1, -0.05) is 81.4 Å². The molecule has 0 radical (unpaired) electrons. The number of sulfone groups is 1. The molecule has 43 heavy (non-hydrogen) atoms. The van der Waals surface area contributed by atoms with E-state index >= 15 is 0 Å². The number of aromatic hydroxyl groups is 1. The van der Waals surface area contributed by atoms with E-state index in [-0.39, 0.29) is 11.2 Å². The lowest BCUT2D eigenvalue weighted by Crippen LogP contribution is -2.12. The van der Waals surface area contributed by atoms with Crippen LogP contribution in [0.5, 0.6) is 11.5 Å². The summed E-state index contributed by atoms with van der Waals surface area (Å²) in [5.41, 5.74) is 8.34. The second-order valence-corrected chi connectivity index (χ2v) is 14.6. The molecule has 0 atom stereocenters. The van der Waals surface area contributed by atoms with E-state index in [0.717, 1.165) is 49.0 Å². The van der Waals surface area contributed by atoms with Crippen LogP contribution in [0.25, 0.3) is 11.1 Å². The summed E-state index contributed by atoms with van der Waals surface area (Å²) in [5, 5.41) is 10.2. The molecule has 0 saturated carbocycles. The molecule has 0 spiro atoms. The van der Waals surface area contributed by atoms with E-state index in [1.165, 1.54) is 27.8 Å². The Labute approximate surface area is 257 Å². The van der Waals surface area contributed by atoms with Crippen LogP contribution in [0.15, 0.2) is 102 Å². The zero-order valence-electron chi connectivity index (χ0n) is 25.5. The van der Waals surface area contributed by atoms with Gasteiger partial charge in [-0.25, -0.2) is 8.42 Å². The van der Waals surface area contributed by atoms with Gasteiger partial charge < -0.3 is 9.84 Å². The first kappa shape index (κ1) is 30.6. The van der Waals surface area contributed by atoms with Gasteiger partial charge in [-0.2, -0.15) is 0 Å². The van der Waals surface area contributed by atoms with Gasteiger partial charge >= 0.3 is 0 Å². The van der Waals surface area contributed by atoms with E-state index in [0.29, 0.717) is 23.7 Å². The highest BCUT2D eigenvalue weighted by Crippen LogP contribution is 2.41. The summed E-state index contributed by atoms with van der Waals surface area (Å²) in [6.45, 7) is 6.91. The van der Waals surface area contributed by atoms with Crippen molar-refractivity contribution in [1.82, 2.24) is 0 Å². The predicted molar refractivity (Wildman–Crippen MR) is 176 cm³/mol. The molecule has 0 heterocycles. The molecule has 0 bridgehead atoms. The Morgan fingerprint density at radius 1 is 0.767 bits per heavy atom. The fourth-order valence-electron chi connectivity index (χ4n) is 5.79. The van der Waals surface area contributed by atoms with Gasteiger partial charge in [0.05, 0.1) is 17.3 Å². The molecule has 0 saturated heterocycles. The van der Waals surface area contributed by atoms with Gasteiger partial charge in [-0.3, -0.25) is 0 Å². The molecule has 0 unspecified atom stereocenters. The van der Waals surface area contributed by atoms with Crippen LogP contribution >= 0.6 is 0 Å². The normalized spacial score (nSPS) is 13.8. The van der Waals surface area contributed by atoms with Gasteiger partial charge in [0.1, 0.15) is 11.5 Å². The van der Waals surface area contributed by atoms with E-state index in [9.17, 15) is 13.5 Å². The lowest BCUT2D eigenvalue weighted by Gasteiger charge is -2.19. The molecule has 0 fully saturated rings. The van der Waals surface area contributed by atoms with Crippen LogP contribution in [0.4, 0.5) is 0 Å². The van der Waals surface area contributed by atoms with Gasteiger partial charge in [0, 0.05) is 0 Å². The average Bonchev–Trinajstić information content (AvgIpc) is 3.18. The lowest BCUT2D eigenvalue weighted by atomic mass is 9.87. The van der Waals surface area contributed by atoms with Gasteiger partial charge in [-0.15, -0.1) is 0 Å². The van der Waals surface area contributed by atoms with Crippen molar-refractivity contribution >= 4 is 21.0 Å². The van der Waals surface area contributed by atoms with Crippen molar-refractivity contribution in [2.45, 2.75) is 69.6 Å². The van der Waals surface area contributed by atoms with Crippen LogP contribution < -0.4 is 4.74 Å². The summed E-state index contributed by atoms with van der Waals surface area (Å²) in [6.07, 6.45) is 5.10. The minimum atomic E-state index is -3.29. The van der Waals surface area contributed by atoms with Crippen LogP contribution in [0, 0.1) is 0 Å². The number of phenols is 1. The van der Waals surface area contributed by atoms with E-state index < -0.39 is 9.84 Å². The number of hydrogen-bond acceptors (Lipinski definition) is 4. The number of hydrogen-bond donors (Lipinski definition) is 1. The summed E-state index contributed by atoms with van der Waals surface area (Å²) in [5.74, 6) is 1.25. The number of phenolic OH excluding ortho intramolecular Hbond substituents is 1. The zero-order valence-corrected chi connectivity index (χ0v) is 26.3. The minimum Gasteiger partial charge on any atom is -0.508 e. The van der Waals surface area contributed by atoms with Crippen molar-refractivity contribution in [3.63, 3.8) is 0 Å². The molecule has 0 aromatic heterocycles. The third kappa shape index (κ3) is 7.58. The third-order valence-electron chi connectivity index (χ3n) is 8.20. The zero-order chi connectivity index (χ0) is 30.5. The second-order valence-electron chi connectivity index (χ2n) is 12.4. The number of fused-ring (bicyclic) bond motifs is 1. The maximum absolute atomic E-state index is 12.8. The first-order valence-electron chi connectivity index (χ1n) is 15.3. The Balaban J connectivity index is 1.20. The Hall–Kier alpha value is -3.83. The minimum absolute atomic E-state index is 0.00344. The van der Waals surface area contributed by atoms with E-state index in [2.05, 4.69) is 57.2 Å². The highest BCUT2D eigenvalue weighted by molar-refractivity contribution is 7.91. The number of rotatable bonds is 10. The van der Waals surface area contributed by atoms with E-state index in [1.807, 2.05) is 42.5 Å². The number of unbranched alkanes of at least 4 members (excludes halogenated alkanes) is 2. The van der Waals surface area contributed by atoms with Crippen LogP contribution in [0.2, 0.25) is 0 Å². The molecule has 5 rings (SSSR count). The van der Waals surface area contributed by atoms with Crippen molar-refractivity contribution in [1.29, 1.82) is 0 Å². The fourth-order valence-corrected chi connectivity index (χ4v) is 7.16. The molecule has 0 aliphatic heterocycles. The number of aryl methyl sites for hydroxylation is 1. The second kappa shape index (κ2) is 13.2. The van der Waals surface area contributed by atoms with Crippen molar-refractivity contribution in [3.05, 3.63) is 125 Å². The average molecular weight is 595 g/mol. The van der Waals surface area contributed by atoms with Crippen molar-refractivity contribution in [2.24, 2.45) is 0 Å². The number of ether oxygens (including phenoxy) is 1. The molecular weight excluding hydrogens is 552 g/mol. The molecular formula is C38H42O4S. The number of benzene rings is 4. The molecule has 4 aromatic rings. The van der Waals surface area contributed by atoms with Crippen LogP contribution in [0.1, 0.15) is 80.7 Å². The highest BCUT2D eigenvalue weighted by atomic mass is 32.2. The maximum Gasteiger partial charge on any atom is 0.178 e. The van der Waals surface area contributed by atoms with Crippen LogP contribution in [-0.4, -0.2) is 25.9 Å². The topological polar surface area (TPSA) is 63.6 Å². The molecule has 1 aliphatic carbocycles. The van der Waals surface area contributed by atoms with Crippen molar-refractivity contribution in [3.8, 4) is 11.5 Å². The lowest BCUT2D eigenvalue weighted by molar-refractivity contribution is 0.306. The van der Waals surface area contributed by atoms with Crippen molar-refractivity contribution < 1.29 is 18.3 Å². The smallest absolute Gasteiger partial charge is 0.178 e. The molecule has 1 aliphatic rings. The Morgan fingerprint density at radius 3 is 2.19 bits per heavy atom. The fraction of sp³-hybridized carbons (Fsp3) is 0.316. The summed E-state index contributed by atoms with van der Waals surface area (Å²) in [6, 6.07) is 31.8. The number of allylic oxidation sites excluding steroid dienone is 1. The van der Waals surface area contributed by atoms with Crippen LogP contribution in [0.3, 0.4) is 0 Å². The van der Waals surface area contributed by atoms with Gasteiger partial charge in [0.15, 0.2) is 9.84 Å². The Morgan fingerprint density at radius 2 is 1.49 bits per heavy atom. The summed E-state index contributed by atoms with van der Waals surface area (Å²) >= 11 is 0. The first-order valence-corrected chi connectivity index (χ1v) is 16.9. The molecule has 0 amide bonds. The monoisotopic (exact) mass is 594 g/mol. The molecule has 5 heteroatoms. The van der Waals surface area contributed by atoms with Gasteiger partial charge in [0.2, 0.25) is 0 Å². The van der Waals surface area contributed by atoms with Crippen LogP contribution in [-0.2, 0) is 21.7 Å². The predicted octanol–water partition coefficient (Wildman–Crippen LogP) is 9.01. The molecule has 4 aromatic carbocycles. The molecule has 224 valence electrons. The third-order valence-corrected chi connectivity index (χ3v) is 10.0. The Bertz CT molecular complexity index is 1660. The standard InChI is InChI=1S/C38H42O4S/c1-38(2,3)31-17-22-34(23-18-31)43(40,41)26-9-5-8-25-42-33-20-15-29(16-21-33)37-35(28-11-6-4-7-12-28)14-10-13-30-27-32(39)19-24-36(30)37/h4,6-7,11-12,15-24,27,39H,5,8-10,13-14,25-26H2,1-3H3. The quantitative estimate of drug-likeness (QED) is 0.186. The van der Waals surface area contributed by atoms with E-state index in [4.69, 9.17) is 4.74 Å². The molecule has 4 nitrogen and oxygen atoms in total. The summed E-state index contributed by atoms with van der Waals surface area (Å²) < 4.78 is 31.6.